The van der Waals surface area contributed by atoms with Crippen molar-refractivity contribution in [3.8, 4) is 22.7 Å². The lowest BCUT2D eigenvalue weighted by Crippen LogP contribution is -2.12. The largest absolute Gasteiger partial charge is 0.497 e. The van der Waals surface area contributed by atoms with E-state index in [0.717, 1.165) is 22.6 Å². The zero-order valence-corrected chi connectivity index (χ0v) is 19.2. The quantitative estimate of drug-likeness (QED) is 0.399. The Morgan fingerprint density at radius 2 is 1.82 bits per heavy atom. The molecule has 33 heavy (non-hydrogen) atoms. The predicted octanol–water partition coefficient (Wildman–Crippen LogP) is 4.74. The average Bonchev–Trinajstić information content (AvgIpc) is 3.44. The highest BCUT2D eigenvalue weighted by Crippen LogP contribution is 2.28. The number of hydrogen-bond donors (Lipinski definition) is 1. The van der Waals surface area contributed by atoms with Crippen LogP contribution in [0.2, 0.25) is 0 Å². The molecular weight excluding hydrogens is 440 g/mol. The lowest BCUT2D eigenvalue weighted by molar-refractivity contribution is 0.0531. The van der Waals surface area contributed by atoms with Gasteiger partial charge in [-0.2, -0.15) is 5.10 Å². The Balaban J connectivity index is 1.69. The number of hydrogen-bond acceptors (Lipinski definition) is 7. The predicted molar refractivity (Wildman–Crippen MR) is 126 cm³/mol. The molecule has 8 nitrogen and oxygen atoms in total. The highest BCUT2D eigenvalue weighted by molar-refractivity contribution is 7.17. The van der Waals surface area contributed by atoms with E-state index in [-0.39, 0.29) is 12.5 Å². The van der Waals surface area contributed by atoms with E-state index in [0.29, 0.717) is 32.7 Å². The van der Waals surface area contributed by atoms with Gasteiger partial charge in [0.05, 0.1) is 30.7 Å². The van der Waals surface area contributed by atoms with E-state index in [1.165, 1.54) is 0 Å². The van der Waals surface area contributed by atoms with Gasteiger partial charge in [0.2, 0.25) is 0 Å². The number of para-hydroxylation sites is 1. The maximum Gasteiger partial charge on any atom is 0.350 e. The van der Waals surface area contributed by atoms with Gasteiger partial charge in [-0.1, -0.05) is 29.5 Å². The first kappa shape index (κ1) is 22.2. The summed E-state index contributed by atoms with van der Waals surface area (Å²) in [5.74, 6) is -0.132. The Morgan fingerprint density at radius 3 is 2.48 bits per heavy atom. The zero-order chi connectivity index (χ0) is 23.4. The minimum absolute atomic E-state index is 0.266. The SMILES string of the molecule is CCOC(=O)c1sc(NC(=O)c2cn(-c3ccccc3)nc2-c2ccc(OC)cc2)nc1C. The molecule has 0 atom stereocenters. The van der Waals surface area contributed by atoms with Crippen molar-refractivity contribution in [2.75, 3.05) is 19.0 Å². The first-order chi connectivity index (χ1) is 16.0. The molecule has 2 aromatic carbocycles. The minimum atomic E-state index is -0.455. The molecule has 0 spiro atoms. The van der Waals surface area contributed by atoms with Crippen LogP contribution in [0.1, 0.15) is 32.6 Å². The van der Waals surface area contributed by atoms with Gasteiger partial charge in [-0.3, -0.25) is 10.1 Å². The summed E-state index contributed by atoms with van der Waals surface area (Å²) in [5, 5.41) is 7.78. The molecule has 0 saturated heterocycles. The molecule has 2 aromatic heterocycles. The second-order valence-electron chi connectivity index (χ2n) is 7.01. The fourth-order valence-electron chi connectivity index (χ4n) is 3.22. The highest BCUT2D eigenvalue weighted by Gasteiger charge is 2.22. The molecule has 168 valence electrons. The number of anilines is 1. The van der Waals surface area contributed by atoms with E-state index in [4.69, 9.17) is 9.47 Å². The topological polar surface area (TPSA) is 95.3 Å². The molecular formula is C24H22N4O4S. The van der Waals surface area contributed by atoms with Crippen molar-refractivity contribution in [1.29, 1.82) is 0 Å². The van der Waals surface area contributed by atoms with Crippen LogP contribution in [0.15, 0.2) is 60.8 Å². The van der Waals surface area contributed by atoms with Crippen LogP contribution in [-0.2, 0) is 4.74 Å². The molecule has 0 aliphatic rings. The number of ether oxygens (including phenoxy) is 2. The van der Waals surface area contributed by atoms with Crippen molar-refractivity contribution in [2.45, 2.75) is 13.8 Å². The summed E-state index contributed by atoms with van der Waals surface area (Å²) in [7, 11) is 1.60. The lowest BCUT2D eigenvalue weighted by Gasteiger charge is -2.04. The standard InChI is InChI=1S/C24H22N4O4S/c1-4-32-23(30)21-15(2)25-24(33-21)26-22(29)19-14-28(17-8-6-5-7-9-17)27-20(19)16-10-12-18(31-3)13-11-16/h5-14H,4H2,1-3H3,(H,25,26,29). The molecule has 2 heterocycles. The molecule has 0 saturated carbocycles. The third-order valence-corrected chi connectivity index (χ3v) is 5.87. The summed E-state index contributed by atoms with van der Waals surface area (Å²) in [6.07, 6.45) is 1.68. The fraction of sp³-hybridized carbons (Fsp3) is 0.167. The maximum absolute atomic E-state index is 13.3. The molecule has 1 amide bonds. The van der Waals surface area contributed by atoms with Crippen LogP contribution < -0.4 is 10.1 Å². The summed E-state index contributed by atoms with van der Waals surface area (Å²) in [6, 6.07) is 16.8. The van der Waals surface area contributed by atoms with Crippen molar-refractivity contribution in [1.82, 2.24) is 14.8 Å². The summed E-state index contributed by atoms with van der Waals surface area (Å²) < 4.78 is 12.0. The van der Waals surface area contributed by atoms with Crippen molar-refractivity contribution in [3.63, 3.8) is 0 Å². The third kappa shape index (κ3) is 4.78. The first-order valence-electron chi connectivity index (χ1n) is 10.3. The molecule has 0 bridgehead atoms. The van der Waals surface area contributed by atoms with Crippen molar-refractivity contribution >= 4 is 28.3 Å². The number of thiazole rings is 1. The molecule has 0 radical (unpaired) electrons. The number of carbonyl (C=O) groups is 2. The van der Waals surface area contributed by atoms with E-state index >= 15 is 0 Å². The monoisotopic (exact) mass is 462 g/mol. The van der Waals surface area contributed by atoms with Crippen molar-refractivity contribution in [3.05, 3.63) is 76.9 Å². The van der Waals surface area contributed by atoms with E-state index in [1.807, 2.05) is 54.6 Å². The van der Waals surface area contributed by atoms with Gasteiger partial charge < -0.3 is 9.47 Å². The number of methoxy groups -OCH3 is 1. The molecule has 0 aliphatic carbocycles. The Morgan fingerprint density at radius 1 is 1.09 bits per heavy atom. The Kier molecular flexibility index (Phi) is 6.50. The highest BCUT2D eigenvalue weighted by atomic mass is 32.1. The maximum atomic E-state index is 13.3. The smallest absolute Gasteiger partial charge is 0.350 e. The molecule has 4 rings (SSSR count). The van der Waals surface area contributed by atoms with Crippen molar-refractivity contribution in [2.24, 2.45) is 0 Å². The van der Waals surface area contributed by atoms with Gasteiger partial charge in [0.1, 0.15) is 16.3 Å². The van der Waals surface area contributed by atoms with Crippen molar-refractivity contribution < 1.29 is 19.1 Å². The van der Waals surface area contributed by atoms with Crippen LogP contribution >= 0.6 is 11.3 Å². The molecule has 1 N–H and O–H groups in total. The number of benzene rings is 2. The number of rotatable bonds is 7. The molecule has 0 fully saturated rings. The van der Waals surface area contributed by atoms with Crippen LogP contribution in [0.25, 0.3) is 16.9 Å². The van der Waals surface area contributed by atoms with Gasteiger partial charge in [0.15, 0.2) is 5.13 Å². The number of esters is 1. The average molecular weight is 463 g/mol. The van der Waals surface area contributed by atoms with Gasteiger partial charge in [-0.15, -0.1) is 0 Å². The minimum Gasteiger partial charge on any atom is -0.497 e. The number of carbonyl (C=O) groups excluding carboxylic acids is 2. The second kappa shape index (κ2) is 9.66. The lowest BCUT2D eigenvalue weighted by atomic mass is 10.1. The Bertz CT molecular complexity index is 1280. The van der Waals surface area contributed by atoms with E-state index in [1.54, 1.807) is 31.8 Å². The fourth-order valence-corrected chi connectivity index (χ4v) is 4.07. The van der Waals surface area contributed by atoms with Gasteiger partial charge in [0.25, 0.3) is 5.91 Å². The number of nitrogens with zero attached hydrogens (tertiary/aromatic N) is 3. The van der Waals surface area contributed by atoms with Crippen LogP contribution in [0.4, 0.5) is 5.13 Å². The van der Waals surface area contributed by atoms with Crippen LogP contribution in [0, 0.1) is 6.92 Å². The van der Waals surface area contributed by atoms with Crippen LogP contribution in [-0.4, -0.2) is 40.4 Å². The van der Waals surface area contributed by atoms with Crippen LogP contribution in [0.3, 0.4) is 0 Å². The summed E-state index contributed by atoms with van der Waals surface area (Å²) in [6.45, 7) is 3.71. The summed E-state index contributed by atoms with van der Waals surface area (Å²) >= 11 is 1.08. The van der Waals surface area contributed by atoms with Gasteiger partial charge >= 0.3 is 5.97 Å². The van der Waals surface area contributed by atoms with Gasteiger partial charge in [-0.25, -0.2) is 14.5 Å². The molecule has 0 unspecified atom stereocenters. The number of aryl methyl sites for hydroxylation is 1. The molecule has 0 aliphatic heterocycles. The first-order valence-corrected chi connectivity index (χ1v) is 11.1. The Hall–Kier alpha value is -3.98. The second-order valence-corrected chi connectivity index (χ2v) is 8.01. The van der Waals surface area contributed by atoms with E-state index in [9.17, 15) is 9.59 Å². The number of amides is 1. The molecule has 4 aromatic rings. The Labute approximate surface area is 194 Å². The third-order valence-electron chi connectivity index (χ3n) is 4.82. The number of aromatic nitrogens is 3. The summed E-state index contributed by atoms with van der Waals surface area (Å²) in [4.78, 5) is 30.0. The van der Waals surface area contributed by atoms with Gasteiger partial charge in [-0.05, 0) is 50.2 Å². The molecule has 9 heteroatoms. The van der Waals surface area contributed by atoms with Gasteiger partial charge in [0, 0.05) is 11.8 Å². The van der Waals surface area contributed by atoms with E-state index in [2.05, 4.69) is 15.4 Å². The number of nitrogens with one attached hydrogen (secondary N) is 1. The van der Waals surface area contributed by atoms with E-state index < -0.39 is 5.97 Å². The van der Waals surface area contributed by atoms with Crippen LogP contribution in [0.5, 0.6) is 5.75 Å². The summed E-state index contributed by atoms with van der Waals surface area (Å²) in [5.41, 5.74) is 2.97. The zero-order valence-electron chi connectivity index (χ0n) is 18.4. The normalized spacial score (nSPS) is 10.6.